The summed E-state index contributed by atoms with van der Waals surface area (Å²) in [5.74, 6) is -1.50. The Hall–Kier alpha value is -4.07. The average molecular weight is 431 g/mol. The zero-order valence-electron chi connectivity index (χ0n) is 17.9. The van der Waals surface area contributed by atoms with Crippen LogP contribution in [0.1, 0.15) is 35.7 Å². The van der Waals surface area contributed by atoms with Crippen molar-refractivity contribution >= 4 is 34.1 Å². The molecule has 0 unspecified atom stereocenters. The van der Waals surface area contributed by atoms with Crippen LogP contribution < -0.4 is 10.6 Å². The highest BCUT2D eigenvalue weighted by Crippen LogP contribution is 2.34. The molecule has 8 heteroatoms. The van der Waals surface area contributed by atoms with Crippen LogP contribution >= 0.6 is 0 Å². The molecule has 0 fully saturated rings. The molecule has 4 rings (SSSR count). The number of nitrogens with zero attached hydrogens (tertiary/aromatic N) is 2. The number of fused-ring (bicyclic) bond motifs is 1. The van der Waals surface area contributed by atoms with Gasteiger partial charge in [0.2, 0.25) is 0 Å². The quantitative estimate of drug-likeness (QED) is 0.307. The first-order valence-corrected chi connectivity index (χ1v) is 10.1. The van der Waals surface area contributed by atoms with Gasteiger partial charge in [-0.05, 0) is 47.9 Å². The van der Waals surface area contributed by atoms with Crippen LogP contribution in [-0.4, -0.2) is 33.7 Å². The summed E-state index contributed by atoms with van der Waals surface area (Å²) in [6.07, 6.45) is 4.89. The maximum Gasteiger partial charge on any atom is 0.292 e. The monoisotopic (exact) mass is 431 g/mol. The largest absolute Gasteiger partial charge is 0.355 e. The first-order chi connectivity index (χ1) is 15.4. The van der Waals surface area contributed by atoms with Crippen LogP contribution in [0.4, 0.5) is 15.8 Å². The zero-order chi connectivity index (χ0) is 22.8. The lowest BCUT2D eigenvalue weighted by Crippen LogP contribution is -2.27. The zero-order valence-corrected chi connectivity index (χ0v) is 17.9. The summed E-state index contributed by atoms with van der Waals surface area (Å²) in [7, 11) is 1.41. The number of anilines is 2. The predicted octanol–water partition coefficient (Wildman–Crippen LogP) is 4.56. The van der Waals surface area contributed by atoms with E-state index in [9.17, 15) is 14.0 Å². The van der Waals surface area contributed by atoms with Gasteiger partial charge in [-0.1, -0.05) is 13.8 Å². The van der Waals surface area contributed by atoms with E-state index in [1.54, 1.807) is 30.6 Å². The van der Waals surface area contributed by atoms with Gasteiger partial charge in [-0.3, -0.25) is 14.6 Å². The number of pyridine rings is 2. The molecule has 1 aromatic carbocycles. The summed E-state index contributed by atoms with van der Waals surface area (Å²) in [6, 6.07) is 9.77. The number of hydrogen-bond acceptors (Lipinski definition) is 5. The Bertz CT molecular complexity index is 1310. The molecule has 1 amide bonds. The smallest absolute Gasteiger partial charge is 0.292 e. The molecule has 32 heavy (non-hydrogen) atoms. The highest BCUT2D eigenvalue weighted by atomic mass is 19.1. The average Bonchev–Trinajstić information content (AvgIpc) is 3.23. The number of halogens is 1. The highest BCUT2D eigenvalue weighted by molar-refractivity contribution is 6.45. The van der Waals surface area contributed by atoms with Gasteiger partial charge in [0, 0.05) is 36.9 Å². The van der Waals surface area contributed by atoms with Crippen molar-refractivity contribution in [2.45, 2.75) is 19.8 Å². The Kier molecular flexibility index (Phi) is 5.68. The molecule has 7 nitrogen and oxygen atoms in total. The number of likely N-dealkylation sites (N-methyl/N-ethyl adjacent to an activating group) is 1. The molecule has 4 aromatic rings. The van der Waals surface area contributed by atoms with Gasteiger partial charge in [-0.25, -0.2) is 9.37 Å². The minimum Gasteiger partial charge on any atom is -0.355 e. The molecule has 0 spiro atoms. The fourth-order valence-electron chi connectivity index (χ4n) is 3.53. The van der Waals surface area contributed by atoms with Crippen molar-refractivity contribution in [3.05, 3.63) is 71.9 Å². The number of hydrogen-bond donors (Lipinski definition) is 3. The Morgan fingerprint density at radius 2 is 1.81 bits per heavy atom. The second-order valence-electron chi connectivity index (χ2n) is 7.64. The van der Waals surface area contributed by atoms with Crippen molar-refractivity contribution in [1.29, 1.82) is 0 Å². The summed E-state index contributed by atoms with van der Waals surface area (Å²) < 4.78 is 13.3. The van der Waals surface area contributed by atoms with Crippen LogP contribution in [0.5, 0.6) is 0 Å². The number of ketones is 1. The number of carbonyl (C=O) groups is 2. The predicted molar refractivity (Wildman–Crippen MR) is 121 cm³/mol. The number of aromatic nitrogens is 3. The van der Waals surface area contributed by atoms with E-state index in [2.05, 4.69) is 39.4 Å². The minimum absolute atomic E-state index is 0.169. The van der Waals surface area contributed by atoms with E-state index in [0.717, 1.165) is 16.8 Å². The first kappa shape index (κ1) is 21.2. The van der Waals surface area contributed by atoms with Crippen LogP contribution in [-0.2, 0) is 4.79 Å². The van der Waals surface area contributed by atoms with Gasteiger partial charge in [0.25, 0.3) is 11.7 Å². The van der Waals surface area contributed by atoms with E-state index < -0.39 is 11.7 Å². The summed E-state index contributed by atoms with van der Waals surface area (Å²) in [5, 5.41) is 6.29. The summed E-state index contributed by atoms with van der Waals surface area (Å²) in [5.41, 5.74) is 4.56. The molecule has 0 saturated heterocycles. The van der Waals surface area contributed by atoms with Gasteiger partial charge in [-0.15, -0.1) is 0 Å². The van der Waals surface area contributed by atoms with Crippen LogP contribution in [0.2, 0.25) is 0 Å². The Morgan fingerprint density at radius 1 is 1.06 bits per heavy atom. The van der Waals surface area contributed by atoms with Gasteiger partial charge in [0.1, 0.15) is 11.5 Å². The molecule has 0 saturated carbocycles. The standard InChI is InChI=1S/C24H22FN5O2/c1-13(2)16-11-28-19(14-4-6-15(25)7-5-14)10-20(16)30-18-8-9-27-23-21(18)17(12-29-23)22(31)24(32)26-3/h4-13H,1-3H3,(H,26,32)(H2,27,28,29,30). The molecule has 0 aliphatic carbocycles. The number of H-pyrrole nitrogens is 1. The Morgan fingerprint density at radius 3 is 2.50 bits per heavy atom. The molecule has 3 N–H and O–H groups in total. The van der Waals surface area contributed by atoms with Crippen molar-refractivity contribution in [1.82, 2.24) is 20.3 Å². The maximum absolute atomic E-state index is 13.3. The molecular formula is C24H22FN5O2. The van der Waals surface area contributed by atoms with Crippen LogP contribution in [0, 0.1) is 5.82 Å². The van der Waals surface area contributed by atoms with E-state index in [1.165, 1.54) is 25.4 Å². The number of rotatable bonds is 6. The van der Waals surface area contributed by atoms with Gasteiger partial charge in [0.15, 0.2) is 0 Å². The topological polar surface area (TPSA) is 99.8 Å². The lowest BCUT2D eigenvalue weighted by molar-refractivity contribution is -0.116. The Balaban J connectivity index is 1.82. The summed E-state index contributed by atoms with van der Waals surface area (Å²) in [4.78, 5) is 36.3. The molecule has 3 aromatic heterocycles. The van der Waals surface area contributed by atoms with Gasteiger partial charge in [0.05, 0.1) is 22.3 Å². The molecular weight excluding hydrogens is 409 g/mol. The lowest BCUT2D eigenvalue weighted by atomic mass is 10.0. The molecule has 162 valence electrons. The number of nitrogens with one attached hydrogen (secondary N) is 3. The van der Waals surface area contributed by atoms with Crippen molar-refractivity contribution in [3.8, 4) is 11.3 Å². The van der Waals surface area contributed by atoms with Gasteiger partial charge >= 0.3 is 0 Å². The number of aromatic amines is 1. The second kappa shape index (κ2) is 8.58. The van der Waals surface area contributed by atoms with E-state index in [4.69, 9.17) is 0 Å². The third-order valence-corrected chi connectivity index (χ3v) is 5.22. The van der Waals surface area contributed by atoms with Crippen molar-refractivity contribution in [3.63, 3.8) is 0 Å². The normalized spacial score (nSPS) is 11.0. The number of benzene rings is 1. The minimum atomic E-state index is -0.703. The number of carbonyl (C=O) groups excluding carboxylic acids is 2. The van der Waals surface area contributed by atoms with Crippen molar-refractivity contribution in [2.24, 2.45) is 0 Å². The summed E-state index contributed by atoms with van der Waals surface area (Å²) in [6.45, 7) is 4.11. The van der Waals surface area contributed by atoms with Crippen LogP contribution in [0.15, 0.2) is 55.0 Å². The second-order valence-corrected chi connectivity index (χ2v) is 7.64. The molecule has 0 aliphatic heterocycles. The molecule has 3 heterocycles. The molecule has 0 bridgehead atoms. The SMILES string of the molecule is CNC(=O)C(=O)c1c[nH]c2nccc(Nc3cc(-c4ccc(F)cc4)ncc3C(C)C)c12. The molecule has 0 aliphatic rings. The van der Waals surface area contributed by atoms with Crippen molar-refractivity contribution < 1.29 is 14.0 Å². The Labute approximate surface area is 184 Å². The maximum atomic E-state index is 13.3. The molecule has 0 atom stereocenters. The highest BCUT2D eigenvalue weighted by Gasteiger charge is 2.22. The fraction of sp³-hybridized carbons (Fsp3) is 0.167. The third kappa shape index (κ3) is 3.94. The van der Waals surface area contributed by atoms with Crippen LogP contribution in [0.3, 0.4) is 0 Å². The third-order valence-electron chi connectivity index (χ3n) is 5.22. The lowest BCUT2D eigenvalue weighted by Gasteiger charge is -2.17. The summed E-state index contributed by atoms with van der Waals surface area (Å²) >= 11 is 0. The molecule has 0 radical (unpaired) electrons. The van der Waals surface area contributed by atoms with Gasteiger partial charge < -0.3 is 15.6 Å². The van der Waals surface area contributed by atoms with Crippen LogP contribution in [0.25, 0.3) is 22.3 Å². The number of Topliss-reactive ketones (excluding diaryl/α,β-unsaturated/α-hetero) is 1. The van der Waals surface area contributed by atoms with E-state index in [-0.39, 0.29) is 17.3 Å². The van der Waals surface area contributed by atoms with Gasteiger partial charge in [-0.2, -0.15) is 0 Å². The van der Waals surface area contributed by atoms with E-state index in [1.807, 2.05) is 6.07 Å². The first-order valence-electron chi connectivity index (χ1n) is 10.1. The van der Waals surface area contributed by atoms with E-state index in [0.29, 0.717) is 22.4 Å². The fourth-order valence-corrected chi connectivity index (χ4v) is 3.53. The van der Waals surface area contributed by atoms with E-state index >= 15 is 0 Å². The van der Waals surface area contributed by atoms with Crippen molar-refractivity contribution in [2.75, 3.05) is 12.4 Å². The number of amides is 1.